The molecule has 0 spiro atoms. The summed E-state index contributed by atoms with van der Waals surface area (Å²) in [6.45, 7) is 3.61. The summed E-state index contributed by atoms with van der Waals surface area (Å²) < 4.78 is 0. The van der Waals surface area contributed by atoms with E-state index < -0.39 is 60.2 Å². The highest BCUT2D eigenvalue weighted by atomic mass is 32.1. The minimum atomic E-state index is -1.55. The Balaban J connectivity index is 3.04. The van der Waals surface area contributed by atoms with E-state index in [2.05, 4.69) is 38.5 Å². The summed E-state index contributed by atoms with van der Waals surface area (Å²) in [6.07, 6.45) is 2.48. The number of carboxylic acids is 1. The number of carboxylic acid groups (broad SMARTS) is 1. The van der Waals surface area contributed by atoms with Gasteiger partial charge >= 0.3 is 5.97 Å². The predicted octanol–water partition coefficient (Wildman–Crippen LogP) is -2.33. The van der Waals surface area contributed by atoms with Gasteiger partial charge in [0, 0.05) is 24.1 Å². The molecular formula is C19H31N7O6S. The Morgan fingerprint density at radius 2 is 1.64 bits per heavy atom. The SMILES string of the molecule is CC(C)CC(NC(=O)C(Cc1cnc[nH]1)NC(=O)C(N)CS)C(=O)NC(CC(N)=O)C(=O)O. The first-order chi connectivity index (χ1) is 15.4. The summed E-state index contributed by atoms with van der Waals surface area (Å²) in [7, 11) is 0. The second kappa shape index (κ2) is 13.4. The molecule has 13 nitrogen and oxygen atoms in total. The van der Waals surface area contributed by atoms with Crippen molar-refractivity contribution in [3.63, 3.8) is 0 Å². The largest absolute Gasteiger partial charge is 0.480 e. The summed E-state index contributed by atoms with van der Waals surface area (Å²) in [6, 6.07) is -4.74. The van der Waals surface area contributed by atoms with E-state index in [0.29, 0.717) is 5.69 Å². The van der Waals surface area contributed by atoms with Crippen molar-refractivity contribution in [2.75, 3.05) is 5.75 Å². The lowest BCUT2D eigenvalue weighted by molar-refractivity contribution is -0.143. The second-order valence-electron chi connectivity index (χ2n) is 7.89. The van der Waals surface area contributed by atoms with Crippen LogP contribution >= 0.6 is 12.6 Å². The van der Waals surface area contributed by atoms with Crippen molar-refractivity contribution in [3.05, 3.63) is 18.2 Å². The third kappa shape index (κ3) is 9.91. The Bertz CT molecular complexity index is 833. The van der Waals surface area contributed by atoms with Gasteiger partial charge in [0.05, 0.1) is 18.8 Å². The van der Waals surface area contributed by atoms with Crippen LogP contribution in [-0.2, 0) is 30.4 Å². The Hall–Kier alpha value is -3.13. The zero-order valence-electron chi connectivity index (χ0n) is 18.4. The average Bonchev–Trinajstić information content (AvgIpc) is 3.23. The molecule has 4 amide bonds. The standard InChI is InChI=1S/C19H31N7O6S/c1-9(2)3-12(17(29)26-14(19(31)32)5-15(21)27)25-18(30)13(4-10-6-22-8-23-10)24-16(28)11(20)7-33/h6,8-9,11-14,33H,3-5,7,20H2,1-2H3,(H2,21,27)(H,22,23)(H,24,28)(H,25,30)(H,26,29)(H,31,32). The van der Waals surface area contributed by atoms with Crippen LogP contribution in [0.2, 0.25) is 0 Å². The van der Waals surface area contributed by atoms with Crippen molar-refractivity contribution in [1.29, 1.82) is 0 Å². The zero-order chi connectivity index (χ0) is 25.1. The van der Waals surface area contributed by atoms with Gasteiger partial charge in [-0.05, 0) is 12.3 Å². The fourth-order valence-electron chi connectivity index (χ4n) is 2.84. The van der Waals surface area contributed by atoms with Crippen LogP contribution in [-0.4, -0.2) is 74.6 Å². The topological polar surface area (TPSA) is 222 Å². The lowest BCUT2D eigenvalue weighted by Gasteiger charge is -2.25. The number of aromatic amines is 1. The average molecular weight is 486 g/mol. The number of aliphatic carboxylic acids is 1. The molecular weight excluding hydrogens is 454 g/mol. The number of imidazole rings is 1. The number of nitrogens with one attached hydrogen (secondary N) is 4. The predicted molar refractivity (Wildman–Crippen MR) is 121 cm³/mol. The number of primary amides is 1. The molecule has 1 heterocycles. The molecule has 4 unspecified atom stereocenters. The number of aromatic nitrogens is 2. The summed E-state index contributed by atoms with van der Waals surface area (Å²) in [5.74, 6) is -4.45. The van der Waals surface area contributed by atoms with Crippen LogP contribution in [0.3, 0.4) is 0 Å². The first-order valence-electron chi connectivity index (χ1n) is 10.2. The number of amides is 4. The van der Waals surface area contributed by atoms with Gasteiger partial charge in [-0.1, -0.05) is 13.8 Å². The number of H-pyrrole nitrogens is 1. The molecule has 184 valence electrons. The maximum atomic E-state index is 13.0. The van der Waals surface area contributed by atoms with Crippen LogP contribution < -0.4 is 27.4 Å². The van der Waals surface area contributed by atoms with E-state index in [-0.39, 0.29) is 24.5 Å². The molecule has 0 aliphatic heterocycles. The van der Waals surface area contributed by atoms with Crippen molar-refractivity contribution in [1.82, 2.24) is 25.9 Å². The van der Waals surface area contributed by atoms with Gasteiger partial charge in [0.2, 0.25) is 23.6 Å². The van der Waals surface area contributed by atoms with E-state index in [1.807, 2.05) is 0 Å². The van der Waals surface area contributed by atoms with E-state index in [1.165, 1.54) is 12.5 Å². The van der Waals surface area contributed by atoms with Crippen molar-refractivity contribution >= 4 is 42.2 Å². The van der Waals surface area contributed by atoms with E-state index in [9.17, 15) is 29.1 Å². The monoisotopic (exact) mass is 485 g/mol. The first kappa shape index (κ1) is 27.9. The van der Waals surface area contributed by atoms with Crippen molar-refractivity contribution < 1.29 is 29.1 Å². The summed E-state index contributed by atoms with van der Waals surface area (Å²) in [4.78, 5) is 67.2. The normalized spacial score (nSPS) is 14.6. The molecule has 0 bridgehead atoms. The Labute approximate surface area is 196 Å². The van der Waals surface area contributed by atoms with Crippen molar-refractivity contribution in [3.8, 4) is 0 Å². The van der Waals surface area contributed by atoms with Gasteiger partial charge in [0.25, 0.3) is 0 Å². The van der Waals surface area contributed by atoms with E-state index >= 15 is 0 Å². The third-order valence-corrected chi connectivity index (χ3v) is 4.90. The summed E-state index contributed by atoms with van der Waals surface area (Å²) in [5.41, 5.74) is 11.3. The number of carbonyl (C=O) groups excluding carboxylic acids is 4. The van der Waals surface area contributed by atoms with Crippen LogP contribution in [0.4, 0.5) is 0 Å². The van der Waals surface area contributed by atoms with Crippen molar-refractivity contribution in [2.24, 2.45) is 17.4 Å². The highest BCUT2D eigenvalue weighted by molar-refractivity contribution is 7.80. The number of carbonyl (C=O) groups is 5. The van der Waals surface area contributed by atoms with Crippen LogP contribution in [0.25, 0.3) is 0 Å². The molecule has 0 aliphatic carbocycles. The summed E-state index contributed by atoms with van der Waals surface area (Å²) in [5, 5.41) is 16.5. The minimum Gasteiger partial charge on any atom is -0.480 e. The van der Waals surface area contributed by atoms with E-state index in [0.717, 1.165) is 0 Å². The smallest absolute Gasteiger partial charge is 0.326 e. The molecule has 4 atom stereocenters. The zero-order valence-corrected chi connectivity index (χ0v) is 19.3. The highest BCUT2D eigenvalue weighted by Crippen LogP contribution is 2.08. The number of hydrogen-bond acceptors (Lipinski definition) is 8. The fraction of sp³-hybridized carbons (Fsp3) is 0.579. The molecule has 1 aromatic heterocycles. The highest BCUT2D eigenvalue weighted by Gasteiger charge is 2.31. The molecule has 0 saturated carbocycles. The second-order valence-corrected chi connectivity index (χ2v) is 8.26. The maximum Gasteiger partial charge on any atom is 0.326 e. The molecule has 0 saturated heterocycles. The van der Waals surface area contributed by atoms with Crippen molar-refractivity contribution in [2.45, 2.75) is 57.3 Å². The molecule has 1 aromatic rings. The summed E-state index contributed by atoms with van der Waals surface area (Å²) >= 11 is 3.97. The Kier molecular flexibility index (Phi) is 11.4. The molecule has 0 fully saturated rings. The number of nitrogens with zero attached hydrogens (tertiary/aromatic N) is 1. The van der Waals surface area contributed by atoms with Gasteiger partial charge < -0.3 is 37.5 Å². The van der Waals surface area contributed by atoms with Crippen LogP contribution in [0.1, 0.15) is 32.4 Å². The molecule has 0 radical (unpaired) electrons. The lowest BCUT2D eigenvalue weighted by Crippen LogP contribution is -2.58. The van der Waals surface area contributed by atoms with Crippen LogP contribution in [0.15, 0.2) is 12.5 Å². The number of thiol groups is 1. The number of nitrogens with two attached hydrogens (primary N) is 2. The minimum absolute atomic E-state index is 0.0340. The molecule has 33 heavy (non-hydrogen) atoms. The third-order valence-electron chi connectivity index (χ3n) is 4.51. The molecule has 9 N–H and O–H groups in total. The molecule has 0 aromatic carbocycles. The van der Waals surface area contributed by atoms with Crippen LogP contribution in [0, 0.1) is 5.92 Å². The quantitative estimate of drug-likeness (QED) is 0.133. The van der Waals surface area contributed by atoms with Gasteiger partial charge in [-0.2, -0.15) is 12.6 Å². The molecule has 0 aliphatic rings. The van der Waals surface area contributed by atoms with E-state index in [1.54, 1.807) is 13.8 Å². The van der Waals surface area contributed by atoms with Gasteiger partial charge in [-0.15, -0.1) is 0 Å². The number of hydrogen-bond donors (Lipinski definition) is 8. The van der Waals surface area contributed by atoms with Gasteiger partial charge in [-0.3, -0.25) is 19.2 Å². The lowest BCUT2D eigenvalue weighted by atomic mass is 10.0. The van der Waals surface area contributed by atoms with Crippen LogP contribution in [0.5, 0.6) is 0 Å². The van der Waals surface area contributed by atoms with Gasteiger partial charge in [0.15, 0.2) is 0 Å². The fourth-order valence-corrected chi connectivity index (χ4v) is 3.00. The van der Waals surface area contributed by atoms with Gasteiger partial charge in [0.1, 0.15) is 18.1 Å². The first-order valence-corrected chi connectivity index (χ1v) is 10.8. The van der Waals surface area contributed by atoms with Gasteiger partial charge in [-0.25, -0.2) is 9.78 Å². The van der Waals surface area contributed by atoms with E-state index in [4.69, 9.17) is 11.5 Å². The molecule has 1 rings (SSSR count). The number of rotatable bonds is 14. The maximum absolute atomic E-state index is 13.0. The Morgan fingerprint density at radius 3 is 2.12 bits per heavy atom. The molecule has 14 heteroatoms. The Morgan fingerprint density at radius 1 is 1.06 bits per heavy atom.